The second-order valence-electron chi connectivity index (χ2n) is 7.56. The van der Waals surface area contributed by atoms with Gasteiger partial charge in [0.2, 0.25) is 5.82 Å². The summed E-state index contributed by atoms with van der Waals surface area (Å²) in [5.74, 6) is 2.16. The van der Waals surface area contributed by atoms with E-state index >= 15 is 0 Å². The number of aryl methyl sites for hydroxylation is 2. The maximum absolute atomic E-state index is 5.99. The second-order valence-corrected chi connectivity index (χ2v) is 7.56. The molecule has 0 fully saturated rings. The van der Waals surface area contributed by atoms with Crippen LogP contribution in [0.2, 0.25) is 0 Å². The van der Waals surface area contributed by atoms with Gasteiger partial charge in [-0.3, -0.25) is 0 Å². The Morgan fingerprint density at radius 1 is 0.781 bits per heavy atom. The molecule has 0 aliphatic heterocycles. The lowest BCUT2D eigenvalue weighted by Crippen LogP contribution is -1.99. The number of ether oxygens (including phenoxy) is 3. The van der Waals surface area contributed by atoms with Gasteiger partial charge in [0.25, 0.3) is 5.89 Å². The highest BCUT2D eigenvalue weighted by Gasteiger charge is 2.13. The third-order valence-electron chi connectivity index (χ3n) is 5.19. The van der Waals surface area contributed by atoms with Crippen LogP contribution < -0.4 is 9.47 Å². The number of hydrogen-bond acceptors (Lipinski definition) is 6. The van der Waals surface area contributed by atoms with E-state index in [1.54, 1.807) is 7.11 Å². The van der Waals surface area contributed by atoms with E-state index in [-0.39, 0.29) is 6.61 Å². The maximum Gasteiger partial charge on any atom is 0.252 e. The summed E-state index contributed by atoms with van der Waals surface area (Å²) in [6.45, 7) is 5.39. The van der Waals surface area contributed by atoms with Crippen molar-refractivity contribution in [3.05, 3.63) is 94.9 Å². The van der Waals surface area contributed by atoms with Crippen molar-refractivity contribution in [1.29, 1.82) is 0 Å². The van der Waals surface area contributed by atoms with Crippen molar-refractivity contribution in [1.82, 2.24) is 10.1 Å². The minimum absolute atomic E-state index is 0.246. The molecule has 0 aliphatic carbocycles. The van der Waals surface area contributed by atoms with Gasteiger partial charge in [0, 0.05) is 5.56 Å². The fourth-order valence-corrected chi connectivity index (χ4v) is 3.24. The van der Waals surface area contributed by atoms with Gasteiger partial charge in [-0.25, -0.2) is 0 Å². The van der Waals surface area contributed by atoms with Crippen LogP contribution in [-0.4, -0.2) is 17.3 Å². The van der Waals surface area contributed by atoms with Gasteiger partial charge in [-0.05, 0) is 54.3 Å². The molecule has 6 nitrogen and oxygen atoms in total. The molecule has 0 radical (unpaired) electrons. The Kier molecular flexibility index (Phi) is 6.82. The largest absolute Gasteiger partial charge is 0.493 e. The summed E-state index contributed by atoms with van der Waals surface area (Å²) >= 11 is 0. The molecule has 0 bridgehead atoms. The molecule has 32 heavy (non-hydrogen) atoms. The number of methoxy groups -OCH3 is 1. The van der Waals surface area contributed by atoms with E-state index in [9.17, 15) is 0 Å². The van der Waals surface area contributed by atoms with Crippen LogP contribution in [0.5, 0.6) is 11.5 Å². The van der Waals surface area contributed by atoms with Crippen LogP contribution in [-0.2, 0) is 24.6 Å². The molecule has 0 aliphatic rings. The molecule has 0 saturated heterocycles. The van der Waals surface area contributed by atoms with E-state index in [1.165, 1.54) is 11.1 Å². The predicted molar refractivity (Wildman–Crippen MR) is 121 cm³/mol. The lowest BCUT2D eigenvalue weighted by molar-refractivity contribution is 0.0850. The first-order valence-electron chi connectivity index (χ1n) is 10.4. The second kappa shape index (κ2) is 10.1. The average Bonchev–Trinajstić information content (AvgIpc) is 3.29. The van der Waals surface area contributed by atoms with Crippen LogP contribution in [0.3, 0.4) is 0 Å². The normalized spacial score (nSPS) is 10.8. The van der Waals surface area contributed by atoms with E-state index in [1.807, 2.05) is 48.5 Å². The molecular weight excluding hydrogens is 404 g/mol. The molecule has 0 atom stereocenters. The third kappa shape index (κ3) is 5.34. The fourth-order valence-electron chi connectivity index (χ4n) is 3.24. The zero-order valence-corrected chi connectivity index (χ0v) is 18.5. The summed E-state index contributed by atoms with van der Waals surface area (Å²) in [7, 11) is 1.61. The van der Waals surface area contributed by atoms with Crippen LogP contribution in [0.1, 0.15) is 28.1 Å². The Balaban J connectivity index is 1.39. The van der Waals surface area contributed by atoms with Crippen molar-refractivity contribution in [3.63, 3.8) is 0 Å². The van der Waals surface area contributed by atoms with Gasteiger partial charge in [-0.1, -0.05) is 53.7 Å². The van der Waals surface area contributed by atoms with E-state index in [0.29, 0.717) is 36.4 Å². The van der Waals surface area contributed by atoms with Crippen LogP contribution >= 0.6 is 0 Å². The highest BCUT2D eigenvalue weighted by molar-refractivity contribution is 5.60. The smallest absolute Gasteiger partial charge is 0.252 e. The first-order valence-corrected chi connectivity index (χ1v) is 10.4. The van der Waals surface area contributed by atoms with Crippen molar-refractivity contribution < 1.29 is 18.7 Å². The van der Waals surface area contributed by atoms with Crippen molar-refractivity contribution >= 4 is 0 Å². The van der Waals surface area contributed by atoms with Gasteiger partial charge < -0.3 is 18.7 Å². The molecule has 4 rings (SSSR count). The highest BCUT2D eigenvalue weighted by Crippen LogP contribution is 2.32. The molecule has 4 aromatic rings. The van der Waals surface area contributed by atoms with Gasteiger partial charge in [-0.2, -0.15) is 4.98 Å². The van der Waals surface area contributed by atoms with Crippen LogP contribution in [0.4, 0.5) is 0 Å². The number of benzene rings is 3. The Morgan fingerprint density at radius 3 is 2.41 bits per heavy atom. The van der Waals surface area contributed by atoms with Gasteiger partial charge >= 0.3 is 0 Å². The maximum atomic E-state index is 5.99. The first-order chi connectivity index (χ1) is 15.6. The molecule has 0 N–H and O–H groups in total. The number of hydrogen-bond donors (Lipinski definition) is 0. The van der Waals surface area contributed by atoms with Crippen LogP contribution in [0.25, 0.3) is 11.4 Å². The zero-order valence-electron chi connectivity index (χ0n) is 18.5. The molecule has 1 heterocycles. The Bertz CT molecular complexity index is 1170. The average molecular weight is 431 g/mol. The quantitative estimate of drug-likeness (QED) is 0.341. The predicted octanol–water partition coefficient (Wildman–Crippen LogP) is 5.66. The number of nitrogens with zero attached hydrogens (tertiary/aromatic N) is 2. The lowest BCUT2D eigenvalue weighted by atomic mass is 10.1. The lowest BCUT2D eigenvalue weighted by Gasteiger charge is -2.12. The van der Waals surface area contributed by atoms with E-state index < -0.39 is 0 Å². The zero-order chi connectivity index (χ0) is 22.3. The van der Waals surface area contributed by atoms with Crippen molar-refractivity contribution in [2.24, 2.45) is 0 Å². The highest BCUT2D eigenvalue weighted by atomic mass is 16.5. The van der Waals surface area contributed by atoms with Gasteiger partial charge in [0.15, 0.2) is 11.5 Å². The molecule has 0 saturated carbocycles. The molecule has 3 aromatic carbocycles. The van der Waals surface area contributed by atoms with E-state index in [4.69, 9.17) is 18.7 Å². The summed E-state index contributed by atoms with van der Waals surface area (Å²) in [5.41, 5.74) is 5.49. The Morgan fingerprint density at radius 2 is 1.62 bits per heavy atom. The molecule has 0 spiro atoms. The molecule has 0 unspecified atom stereocenters. The molecule has 6 heteroatoms. The Hall–Kier alpha value is -3.64. The Labute approximate surface area is 187 Å². The third-order valence-corrected chi connectivity index (χ3v) is 5.19. The van der Waals surface area contributed by atoms with E-state index in [2.05, 4.69) is 42.2 Å². The molecular formula is C26H26N2O4. The monoisotopic (exact) mass is 430 g/mol. The SMILES string of the molecule is COc1cc(-c2noc(COCc3ccccc3)n2)ccc1OCc1ccc(C)c(C)c1. The topological polar surface area (TPSA) is 66.6 Å². The summed E-state index contributed by atoms with van der Waals surface area (Å²) in [5, 5.41) is 4.07. The standard InChI is InChI=1S/C26H26N2O4/c1-18-9-10-21(13-19(18)2)16-31-23-12-11-22(14-24(23)29-3)26-27-25(32-28-26)17-30-15-20-7-5-4-6-8-20/h4-14H,15-17H2,1-3H3. The van der Waals surface area contributed by atoms with Crippen molar-refractivity contribution in [2.45, 2.75) is 33.7 Å². The molecule has 164 valence electrons. The minimum Gasteiger partial charge on any atom is -0.493 e. The van der Waals surface area contributed by atoms with Crippen LogP contribution in [0, 0.1) is 13.8 Å². The van der Waals surface area contributed by atoms with E-state index in [0.717, 1.165) is 16.7 Å². The summed E-state index contributed by atoms with van der Waals surface area (Å²) in [6.07, 6.45) is 0. The van der Waals surface area contributed by atoms with Gasteiger partial charge in [-0.15, -0.1) is 0 Å². The fraction of sp³-hybridized carbons (Fsp3) is 0.231. The summed E-state index contributed by atoms with van der Waals surface area (Å²) in [4.78, 5) is 4.43. The van der Waals surface area contributed by atoms with Crippen molar-refractivity contribution in [3.8, 4) is 22.9 Å². The number of aromatic nitrogens is 2. The summed E-state index contributed by atoms with van der Waals surface area (Å²) in [6, 6.07) is 21.8. The molecule has 1 aromatic heterocycles. The first kappa shape index (κ1) is 21.6. The van der Waals surface area contributed by atoms with Gasteiger partial charge in [0.1, 0.15) is 13.2 Å². The molecule has 0 amide bonds. The van der Waals surface area contributed by atoms with Crippen LogP contribution in [0.15, 0.2) is 71.3 Å². The van der Waals surface area contributed by atoms with Gasteiger partial charge in [0.05, 0.1) is 13.7 Å². The number of rotatable bonds is 9. The summed E-state index contributed by atoms with van der Waals surface area (Å²) < 4.78 is 22.5. The minimum atomic E-state index is 0.246. The van der Waals surface area contributed by atoms with Crippen molar-refractivity contribution in [2.75, 3.05) is 7.11 Å².